The van der Waals surface area contributed by atoms with Crippen molar-refractivity contribution in [1.82, 2.24) is 4.90 Å². The summed E-state index contributed by atoms with van der Waals surface area (Å²) in [7, 11) is 0. The number of hydrogen-bond donors (Lipinski definition) is 0. The van der Waals surface area contributed by atoms with E-state index >= 15 is 0 Å². The lowest BCUT2D eigenvalue weighted by molar-refractivity contribution is -0.147. The van der Waals surface area contributed by atoms with Gasteiger partial charge in [-0.15, -0.1) is 0 Å². The lowest BCUT2D eigenvalue weighted by atomic mass is 9.97. The Kier molecular flexibility index (Phi) is 5.96. The summed E-state index contributed by atoms with van der Waals surface area (Å²) in [4.78, 5) is 14.4. The standard InChI is InChI=1S/C14H27NO2/c1-5-7-8-13(6-2)14(16)15-9-11(3)17-12(4)10-15/h11-13H,5-10H2,1-4H3. The van der Waals surface area contributed by atoms with E-state index in [0.29, 0.717) is 5.91 Å². The third-order valence-electron chi connectivity index (χ3n) is 3.48. The summed E-state index contributed by atoms with van der Waals surface area (Å²) >= 11 is 0. The monoisotopic (exact) mass is 241 g/mol. The molecule has 1 saturated heterocycles. The average Bonchev–Trinajstić information content (AvgIpc) is 2.28. The van der Waals surface area contributed by atoms with E-state index in [1.54, 1.807) is 0 Å². The van der Waals surface area contributed by atoms with E-state index in [9.17, 15) is 4.79 Å². The summed E-state index contributed by atoms with van der Waals surface area (Å²) in [5.41, 5.74) is 0. The SMILES string of the molecule is CCCCC(CC)C(=O)N1CC(C)OC(C)C1. The van der Waals surface area contributed by atoms with Gasteiger partial charge in [0.1, 0.15) is 0 Å². The van der Waals surface area contributed by atoms with Gasteiger partial charge in [0.2, 0.25) is 5.91 Å². The van der Waals surface area contributed by atoms with Crippen molar-refractivity contribution in [2.45, 2.75) is 65.6 Å². The van der Waals surface area contributed by atoms with Crippen LogP contribution in [0.25, 0.3) is 0 Å². The Morgan fingerprint density at radius 1 is 1.29 bits per heavy atom. The van der Waals surface area contributed by atoms with Crippen LogP contribution in [0, 0.1) is 5.92 Å². The van der Waals surface area contributed by atoms with E-state index in [2.05, 4.69) is 13.8 Å². The summed E-state index contributed by atoms with van der Waals surface area (Å²) in [6.07, 6.45) is 4.65. The van der Waals surface area contributed by atoms with Crippen LogP contribution >= 0.6 is 0 Å². The molecule has 1 aliphatic rings. The van der Waals surface area contributed by atoms with Gasteiger partial charge in [-0.2, -0.15) is 0 Å². The molecule has 17 heavy (non-hydrogen) atoms. The summed E-state index contributed by atoms with van der Waals surface area (Å²) in [5.74, 6) is 0.551. The zero-order valence-corrected chi connectivity index (χ0v) is 11.7. The maximum atomic E-state index is 12.4. The number of amides is 1. The molecule has 100 valence electrons. The van der Waals surface area contributed by atoms with Crippen LogP contribution in [-0.4, -0.2) is 36.1 Å². The number of carbonyl (C=O) groups is 1. The van der Waals surface area contributed by atoms with E-state index in [1.807, 2.05) is 18.7 Å². The first kappa shape index (κ1) is 14.5. The van der Waals surface area contributed by atoms with Gasteiger partial charge in [0.05, 0.1) is 12.2 Å². The third-order valence-corrected chi connectivity index (χ3v) is 3.48. The topological polar surface area (TPSA) is 29.5 Å². The van der Waals surface area contributed by atoms with Gasteiger partial charge in [-0.25, -0.2) is 0 Å². The fourth-order valence-corrected chi connectivity index (χ4v) is 2.57. The lowest BCUT2D eigenvalue weighted by Gasteiger charge is -2.37. The molecule has 0 aromatic carbocycles. The average molecular weight is 241 g/mol. The second-order valence-electron chi connectivity index (χ2n) is 5.25. The first-order chi connectivity index (χ1) is 8.08. The van der Waals surface area contributed by atoms with Crippen molar-refractivity contribution in [1.29, 1.82) is 0 Å². The predicted octanol–water partition coefficient (Wildman–Crippen LogP) is 2.84. The second-order valence-corrected chi connectivity index (χ2v) is 5.25. The molecule has 1 fully saturated rings. The maximum Gasteiger partial charge on any atom is 0.225 e. The number of nitrogens with zero attached hydrogens (tertiary/aromatic N) is 1. The summed E-state index contributed by atoms with van der Waals surface area (Å²) in [6.45, 7) is 9.89. The van der Waals surface area contributed by atoms with Crippen molar-refractivity contribution < 1.29 is 9.53 Å². The van der Waals surface area contributed by atoms with Crippen molar-refractivity contribution in [3.63, 3.8) is 0 Å². The van der Waals surface area contributed by atoms with Gasteiger partial charge in [-0.1, -0.05) is 26.7 Å². The molecular weight excluding hydrogens is 214 g/mol. The van der Waals surface area contributed by atoms with Gasteiger partial charge >= 0.3 is 0 Å². The number of unbranched alkanes of at least 4 members (excludes halogenated alkanes) is 1. The molecule has 1 heterocycles. The minimum atomic E-state index is 0.173. The molecule has 0 aliphatic carbocycles. The Labute approximate surface area is 106 Å². The van der Waals surface area contributed by atoms with Gasteiger partial charge in [-0.05, 0) is 26.7 Å². The number of hydrogen-bond acceptors (Lipinski definition) is 2. The van der Waals surface area contributed by atoms with E-state index < -0.39 is 0 Å². The van der Waals surface area contributed by atoms with Gasteiger partial charge in [0.15, 0.2) is 0 Å². The van der Waals surface area contributed by atoms with Crippen LogP contribution in [0.2, 0.25) is 0 Å². The first-order valence-corrected chi connectivity index (χ1v) is 7.02. The van der Waals surface area contributed by atoms with Crippen molar-refractivity contribution in [2.75, 3.05) is 13.1 Å². The molecule has 0 spiro atoms. The molecule has 3 unspecified atom stereocenters. The fourth-order valence-electron chi connectivity index (χ4n) is 2.57. The quantitative estimate of drug-likeness (QED) is 0.740. The van der Waals surface area contributed by atoms with Crippen molar-refractivity contribution in [2.24, 2.45) is 5.92 Å². The Hall–Kier alpha value is -0.570. The zero-order chi connectivity index (χ0) is 12.8. The highest BCUT2D eigenvalue weighted by Crippen LogP contribution is 2.19. The number of morpholine rings is 1. The van der Waals surface area contributed by atoms with Crippen LogP contribution in [0.5, 0.6) is 0 Å². The summed E-state index contributed by atoms with van der Waals surface area (Å²) < 4.78 is 5.67. The van der Waals surface area contributed by atoms with Crippen LogP contribution in [0.1, 0.15) is 53.4 Å². The third kappa shape index (κ3) is 4.30. The smallest absolute Gasteiger partial charge is 0.225 e. The maximum absolute atomic E-state index is 12.4. The number of ether oxygens (including phenoxy) is 1. The highest BCUT2D eigenvalue weighted by Gasteiger charge is 2.29. The van der Waals surface area contributed by atoms with Crippen molar-refractivity contribution >= 4 is 5.91 Å². The van der Waals surface area contributed by atoms with E-state index in [0.717, 1.165) is 32.4 Å². The van der Waals surface area contributed by atoms with Crippen LogP contribution in [-0.2, 0) is 9.53 Å². The molecule has 0 bridgehead atoms. The molecule has 1 rings (SSSR count). The fraction of sp³-hybridized carbons (Fsp3) is 0.929. The molecular formula is C14H27NO2. The van der Waals surface area contributed by atoms with Crippen molar-refractivity contribution in [3.05, 3.63) is 0 Å². The Bertz CT molecular complexity index is 232. The molecule has 1 aliphatic heterocycles. The van der Waals surface area contributed by atoms with Gasteiger partial charge < -0.3 is 9.64 Å². The molecule has 0 saturated carbocycles. The van der Waals surface area contributed by atoms with E-state index in [4.69, 9.17) is 4.74 Å². The molecule has 1 amide bonds. The van der Waals surface area contributed by atoms with Gasteiger partial charge in [0, 0.05) is 19.0 Å². The van der Waals surface area contributed by atoms with Crippen LogP contribution in [0.15, 0.2) is 0 Å². The van der Waals surface area contributed by atoms with Gasteiger partial charge in [-0.3, -0.25) is 4.79 Å². The summed E-state index contributed by atoms with van der Waals surface area (Å²) in [6, 6.07) is 0. The van der Waals surface area contributed by atoms with Gasteiger partial charge in [0.25, 0.3) is 0 Å². The first-order valence-electron chi connectivity index (χ1n) is 7.02. The molecule has 0 radical (unpaired) electrons. The second kappa shape index (κ2) is 7.00. The minimum Gasteiger partial charge on any atom is -0.372 e. The highest BCUT2D eigenvalue weighted by molar-refractivity contribution is 5.79. The Balaban J connectivity index is 2.54. The molecule has 3 atom stereocenters. The predicted molar refractivity (Wildman–Crippen MR) is 69.9 cm³/mol. The molecule has 0 aromatic heterocycles. The Morgan fingerprint density at radius 2 is 1.88 bits per heavy atom. The highest BCUT2D eigenvalue weighted by atomic mass is 16.5. The van der Waals surface area contributed by atoms with E-state index in [-0.39, 0.29) is 18.1 Å². The lowest BCUT2D eigenvalue weighted by Crippen LogP contribution is -2.50. The van der Waals surface area contributed by atoms with Crippen LogP contribution in [0.3, 0.4) is 0 Å². The Morgan fingerprint density at radius 3 is 2.35 bits per heavy atom. The molecule has 0 aromatic rings. The van der Waals surface area contributed by atoms with E-state index in [1.165, 1.54) is 6.42 Å². The number of rotatable bonds is 5. The van der Waals surface area contributed by atoms with Crippen LogP contribution in [0.4, 0.5) is 0 Å². The largest absolute Gasteiger partial charge is 0.372 e. The number of carbonyl (C=O) groups excluding carboxylic acids is 1. The normalized spacial score (nSPS) is 26.9. The molecule has 0 N–H and O–H groups in total. The molecule has 3 heteroatoms. The minimum absolute atomic E-state index is 0.173. The summed E-state index contributed by atoms with van der Waals surface area (Å²) in [5, 5.41) is 0. The van der Waals surface area contributed by atoms with Crippen molar-refractivity contribution in [3.8, 4) is 0 Å². The zero-order valence-electron chi connectivity index (χ0n) is 11.7. The van der Waals surface area contributed by atoms with Crippen LogP contribution < -0.4 is 0 Å². The molecule has 3 nitrogen and oxygen atoms in total.